The summed E-state index contributed by atoms with van der Waals surface area (Å²) in [4.78, 5) is 20.8. The van der Waals surface area contributed by atoms with Gasteiger partial charge in [-0.05, 0) is 54.8 Å². The standard InChI is InChI=1S/C25H29N5O4S2/c31-24(27-32)23-17-26-25(35-23)29-13-15-30(16-14-29)36(33,34)22-9-7-21(8-10-22)20-5-3-19(4-6-20)18-28-11-1-2-12-28/h3-10,17,32H,1-2,11-16,18H2,(H,27,31). The number of sulfonamides is 1. The fraction of sp³-hybridized carbons (Fsp3) is 0.360. The molecule has 0 spiro atoms. The molecular formula is C25H29N5O4S2. The van der Waals surface area contributed by atoms with Crippen LogP contribution in [0.15, 0.2) is 59.6 Å². The molecule has 2 aliphatic rings. The highest BCUT2D eigenvalue weighted by atomic mass is 32.2. The molecule has 36 heavy (non-hydrogen) atoms. The third-order valence-electron chi connectivity index (χ3n) is 6.71. The van der Waals surface area contributed by atoms with Gasteiger partial charge in [0.15, 0.2) is 5.13 Å². The number of aromatic nitrogens is 1. The first-order valence-corrected chi connectivity index (χ1v) is 14.3. The summed E-state index contributed by atoms with van der Waals surface area (Å²) >= 11 is 1.16. The number of nitrogens with one attached hydrogen (secondary N) is 1. The minimum absolute atomic E-state index is 0.279. The molecule has 2 fully saturated rings. The van der Waals surface area contributed by atoms with Gasteiger partial charge in [-0.25, -0.2) is 18.9 Å². The van der Waals surface area contributed by atoms with E-state index in [4.69, 9.17) is 5.21 Å². The molecule has 0 radical (unpaired) electrons. The predicted molar refractivity (Wildman–Crippen MR) is 139 cm³/mol. The molecule has 2 saturated heterocycles. The quantitative estimate of drug-likeness (QED) is 0.359. The Morgan fingerprint density at radius 2 is 1.53 bits per heavy atom. The first-order valence-electron chi connectivity index (χ1n) is 12.0. The van der Waals surface area contributed by atoms with E-state index in [-0.39, 0.29) is 4.90 Å². The number of anilines is 1. The Labute approximate surface area is 215 Å². The van der Waals surface area contributed by atoms with Crippen LogP contribution in [0.25, 0.3) is 11.1 Å². The second-order valence-electron chi connectivity index (χ2n) is 9.04. The van der Waals surface area contributed by atoms with Gasteiger partial charge in [0.2, 0.25) is 10.0 Å². The molecule has 1 aromatic heterocycles. The summed E-state index contributed by atoms with van der Waals surface area (Å²) in [6, 6.07) is 15.6. The highest BCUT2D eigenvalue weighted by Crippen LogP contribution is 2.27. The topological polar surface area (TPSA) is 106 Å². The van der Waals surface area contributed by atoms with Crippen molar-refractivity contribution in [1.29, 1.82) is 0 Å². The summed E-state index contributed by atoms with van der Waals surface area (Å²) in [5.74, 6) is -0.610. The Morgan fingerprint density at radius 3 is 2.14 bits per heavy atom. The second kappa shape index (κ2) is 10.7. The lowest BCUT2D eigenvalue weighted by Crippen LogP contribution is -2.48. The van der Waals surface area contributed by atoms with Crippen molar-refractivity contribution in [3.05, 3.63) is 65.2 Å². The van der Waals surface area contributed by atoms with Crippen molar-refractivity contribution in [3.63, 3.8) is 0 Å². The fourth-order valence-corrected chi connectivity index (χ4v) is 6.94. The Kier molecular flexibility index (Phi) is 7.35. The Balaban J connectivity index is 1.21. The van der Waals surface area contributed by atoms with Gasteiger partial charge in [-0.3, -0.25) is 14.9 Å². The van der Waals surface area contributed by atoms with Gasteiger partial charge < -0.3 is 4.90 Å². The van der Waals surface area contributed by atoms with Crippen molar-refractivity contribution in [2.45, 2.75) is 24.3 Å². The lowest BCUT2D eigenvalue weighted by Gasteiger charge is -2.33. The summed E-state index contributed by atoms with van der Waals surface area (Å²) in [6.45, 7) is 4.90. The van der Waals surface area contributed by atoms with Crippen LogP contribution in [0.5, 0.6) is 0 Å². The van der Waals surface area contributed by atoms with Crippen LogP contribution in [0.1, 0.15) is 28.1 Å². The minimum atomic E-state index is -3.61. The van der Waals surface area contributed by atoms with Crippen molar-refractivity contribution in [2.75, 3.05) is 44.2 Å². The summed E-state index contributed by atoms with van der Waals surface area (Å²) in [6.07, 6.45) is 3.96. The van der Waals surface area contributed by atoms with Gasteiger partial charge in [-0.15, -0.1) is 0 Å². The number of carbonyl (C=O) groups excluding carboxylic acids is 1. The van der Waals surface area contributed by atoms with E-state index in [2.05, 4.69) is 34.1 Å². The van der Waals surface area contributed by atoms with Crippen LogP contribution in [0.3, 0.4) is 0 Å². The van der Waals surface area contributed by atoms with Crippen LogP contribution < -0.4 is 10.4 Å². The Bertz CT molecular complexity index is 1290. The zero-order valence-electron chi connectivity index (χ0n) is 19.8. The molecule has 3 heterocycles. The number of hydrogen-bond donors (Lipinski definition) is 2. The monoisotopic (exact) mass is 527 g/mol. The number of likely N-dealkylation sites (tertiary alicyclic amines) is 1. The van der Waals surface area contributed by atoms with Crippen LogP contribution in [0, 0.1) is 0 Å². The summed E-state index contributed by atoms with van der Waals surface area (Å²) in [7, 11) is -3.61. The minimum Gasteiger partial charge on any atom is -0.345 e. The van der Waals surface area contributed by atoms with Crippen LogP contribution in [0.2, 0.25) is 0 Å². The number of carbonyl (C=O) groups is 1. The molecule has 0 saturated carbocycles. The molecule has 11 heteroatoms. The maximum absolute atomic E-state index is 13.2. The maximum atomic E-state index is 13.2. The zero-order valence-corrected chi connectivity index (χ0v) is 21.5. The van der Waals surface area contributed by atoms with Gasteiger partial charge in [0, 0.05) is 32.7 Å². The van der Waals surface area contributed by atoms with Gasteiger partial charge in [-0.2, -0.15) is 4.31 Å². The number of nitrogens with zero attached hydrogens (tertiary/aromatic N) is 4. The predicted octanol–water partition coefficient (Wildman–Crippen LogP) is 3.04. The van der Waals surface area contributed by atoms with Crippen molar-refractivity contribution >= 4 is 32.4 Å². The molecule has 2 aliphatic heterocycles. The van der Waals surface area contributed by atoms with E-state index in [0.717, 1.165) is 29.0 Å². The van der Waals surface area contributed by atoms with Crippen molar-refractivity contribution in [3.8, 4) is 11.1 Å². The lowest BCUT2D eigenvalue weighted by molar-refractivity contribution is 0.0710. The van der Waals surface area contributed by atoms with E-state index in [1.807, 2.05) is 17.0 Å². The highest BCUT2D eigenvalue weighted by Gasteiger charge is 2.29. The van der Waals surface area contributed by atoms with E-state index in [1.165, 1.54) is 42.0 Å². The number of amides is 1. The second-order valence-corrected chi connectivity index (χ2v) is 12.0. The van der Waals surface area contributed by atoms with Crippen LogP contribution in [-0.2, 0) is 16.6 Å². The number of thiazole rings is 1. The van der Waals surface area contributed by atoms with Gasteiger partial charge in [0.25, 0.3) is 5.91 Å². The van der Waals surface area contributed by atoms with Crippen molar-refractivity contribution < 1.29 is 18.4 Å². The van der Waals surface area contributed by atoms with Crippen molar-refractivity contribution in [1.82, 2.24) is 19.7 Å². The first-order chi connectivity index (χ1) is 17.4. The van der Waals surface area contributed by atoms with E-state index in [9.17, 15) is 13.2 Å². The number of hydrogen-bond acceptors (Lipinski definition) is 8. The smallest absolute Gasteiger partial charge is 0.286 e. The molecule has 2 aromatic carbocycles. The number of piperazine rings is 1. The van der Waals surface area contributed by atoms with E-state index >= 15 is 0 Å². The van der Waals surface area contributed by atoms with Gasteiger partial charge in [-0.1, -0.05) is 47.7 Å². The molecule has 0 bridgehead atoms. The van der Waals surface area contributed by atoms with Gasteiger partial charge in [0.05, 0.1) is 11.1 Å². The highest BCUT2D eigenvalue weighted by molar-refractivity contribution is 7.89. The van der Waals surface area contributed by atoms with Gasteiger partial charge >= 0.3 is 0 Å². The fourth-order valence-electron chi connectivity index (χ4n) is 4.66. The largest absolute Gasteiger partial charge is 0.345 e. The lowest BCUT2D eigenvalue weighted by atomic mass is 10.0. The molecule has 2 N–H and O–H groups in total. The number of benzene rings is 2. The molecule has 0 aliphatic carbocycles. The average Bonchev–Trinajstić information content (AvgIpc) is 3.62. The van der Waals surface area contributed by atoms with Crippen LogP contribution >= 0.6 is 11.3 Å². The Morgan fingerprint density at radius 1 is 0.917 bits per heavy atom. The van der Waals surface area contributed by atoms with E-state index < -0.39 is 15.9 Å². The average molecular weight is 528 g/mol. The molecule has 1 amide bonds. The number of hydroxylamine groups is 1. The first kappa shape index (κ1) is 24.8. The van der Waals surface area contributed by atoms with Crippen molar-refractivity contribution in [2.24, 2.45) is 0 Å². The summed E-state index contributed by atoms with van der Waals surface area (Å²) in [5.41, 5.74) is 4.94. The number of rotatable bonds is 7. The van der Waals surface area contributed by atoms with Gasteiger partial charge in [0.1, 0.15) is 4.88 Å². The van der Waals surface area contributed by atoms with E-state index in [1.54, 1.807) is 17.6 Å². The SMILES string of the molecule is O=C(NO)c1cnc(N2CCN(S(=O)(=O)c3ccc(-c4ccc(CN5CCCC5)cc4)cc3)CC2)s1. The maximum Gasteiger partial charge on any atom is 0.286 e. The molecular weight excluding hydrogens is 498 g/mol. The summed E-state index contributed by atoms with van der Waals surface area (Å²) < 4.78 is 27.9. The third-order valence-corrected chi connectivity index (χ3v) is 9.68. The molecule has 9 nitrogen and oxygen atoms in total. The molecule has 3 aromatic rings. The van der Waals surface area contributed by atoms with E-state index in [0.29, 0.717) is 36.2 Å². The summed E-state index contributed by atoms with van der Waals surface area (Å²) in [5, 5.41) is 9.40. The Hall–Kier alpha value is -2.83. The van der Waals surface area contributed by atoms with Crippen LogP contribution in [-0.4, -0.2) is 73.0 Å². The molecule has 0 unspecified atom stereocenters. The molecule has 190 valence electrons. The zero-order chi connectivity index (χ0) is 25.1. The molecule has 0 atom stereocenters. The normalized spacial score (nSPS) is 17.4. The molecule has 5 rings (SSSR count). The third kappa shape index (κ3) is 5.30. The van der Waals surface area contributed by atoms with Crippen LogP contribution in [0.4, 0.5) is 5.13 Å².